The van der Waals surface area contributed by atoms with Gasteiger partial charge in [0.05, 0.1) is 6.07 Å². The van der Waals surface area contributed by atoms with Crippen LogP contribution >= 0.6 is 0 Å². The van der Waals surface area contributed by atoms with Crippen LogP contribution in [0.15, 0.2) is 24.3 Å². The van der Waals surface area contributed by atoms with E-state index in [1.54, 1.807) is 6.07 Å². The maximum absolute atomic E-state index is 13.1. The van der Waals surface area contributed by atoms with E-state index in [-0.39, 0.29) is 11.3 Å². The highest BCUT2D eigenvalue weighted by Gasteiger charge is 2.03. The normalized spacial score (nSPS) is 10.1. The molecule has 1 aromatic rings. The maximum Gasteiger partial charge on any atom is 0.159 e. The highest BCUT2D eigenvalue weighted by atomic mass is 19.1. The summed E-state index contributed by atoms with van der Waals surface area (Å²) < 4.78 is 13.1. The number of Topliss-reactive ketones (excluding diaryl/α,β-unsaturated/α-hetero) is 1. The van der Waals surface area contributed by atoms with Crippen molar-refractivity contribution in [2.24, 2.45) is 0 Å². The molecule has 14 heavy (non-hydrogen) atoms. The van der Waals surface area contributed by atoms with Crippen LogP contribution in [-0.2, 0) is 0 Å². The molecule has 0 atom stereocenters. The molecule has 0 spiro atoms. The molecule has 0 heterocycles. The van der Waals surface area contributed by atoms with Crippen LogP contribution in [0.3, 0.4) is 0 Å². The van der Waals surface area contributed by atoms with Crippen molar-refractivity contribution in [3.8, 4) is 6.07 Å². The average molecular weight is 189 g/mol. The van der Waals surface area contributed by atoms with Gasteiger partial charge in [0.1, 0.15) is 5.82 Å². The predicted octanol–water partition coefficient (Wildman–Crippen LogP) is 2.57. The fraction of sp³-hybridized carbons (Fsp3) is 0.0909. The fourth-order valence-electron chi connectivity index (χ4n) is 1.02. The molecule has 0 saturated carbocycles. The third kappa shape index (κ3) is 2.27. The highest BCUT2D eigenvalue weighted by Crippen LogP contribution is 2.12. The monoisotopic (exact) mass is 189 g/mol. The standard InChI is InChI=1S/C11H8FNO/c1-8(14)9-4-5-11(12)10(7-9)3-2-6-13/h2-5,7H,1H3. The Bertz CT molecular complexity index is 429. The van der Waals surface area contributed by atoms with Crippen molar-refractivity contribution in [3.05, 3.63) is 41.2 Å². The smallest absolute Gasteiger partial charge is 0.159 e. The minimum Gasteiger partial charge on any atom is -0.295 e. The lowest BCUT2D eigenvalue weighted by molar-refractivity contribution is 0.101. The topological polar surface area (TPSA) is 40.9 Å². The van der Waals surface area contributed by atoms with Gasteiger partial charge in [-0.2, -0.15) is 5.26 Å². The molecule has 3 heteroatoms. The third-order valence-corrected chi connectivity index (χ3v) is 1.74. The third-order valence-electron chi connectivity index (χ3n) is 1.74. The van der Waals surface area contributed by atoms with Crippen molar-refractivity contribution in [1.82, 2.24) is 0 Å². The molecule has 0 unspecified atom stereocenters. The second kappa shape index (κ2) is 4.33. The van der Waals surface area contributed by atoms with Gasteiger partial charge in [-0.3, -0.25) is 4.79 Å². The highest BCUT2D eigenvalue weighted by molar-refractivity contribution is 5.94. The van der Waals surface area contributed by atoms with Crippen LogP contribution in [0.2, 0.25) is 0 Å². The quantitative estimate of drug-likeness (QED) is 0.530. The summed E-state index contributed by atoms with van der Waals surface area (Å²) in [5.74, 6) is -0.571. The second-order valence-electron chi connectivity index (χ2n) is 2.75. The summed E-state index contributed by atoms with van der Waals surface area (Å²) in [5.41, 5.74) is 0.684. The molecule has 0 aliphatic carbocycles. The minimum absolute atomic E-state index is 0.128. The van der Waals surface area contributed by atoms with E-state index in [0.29, 0.717) is 5.56 Å². The van der Waals surface area contributed by atoms with Crippen molar-refractivity contribution < 1.29 is 9.18 Å². The molecule has 0 N–H and O–H groups in total. The molecule has 2 nitrogen and oxygen atoms in total. The number of rotatable bonds is 2. The van der Waals surface area contributed by atoms with Crippen LogP contribution in [0, 0.1) is 17.1 Å². The second-order valence-corrected chi connectivity index (χ2v) is 2.75. The van der Waals surface area contributed by atoms with E-state index in [0.717, 1.165) is 0 Å². The lowest BCUT2D eigenvalue weighted by Crippen LogP contribution is -1.93. The largest absolute Gasteiger partial charge is 0.295 e. The fourth-order valence-corrected chi connectivity index (χ4v) is 1.02. The number of carbonyl (C=O) groups is 1. The zero-order chi connectivity index (χ0) is 10.6. The molecule has 0 aliphatic rings. The van der Waals surface area contributed by atoms with E-state index in [4.69, 9.17) is 5.26 Å². The van der Waals surface area contributed by atoms with E-state index in [1.165, 1.54) is 37.3 Å². The molecule has 1 rings (SSSR count). The molecular formula is C11H8FNO. The van der Waals surface area contributed by atoms with Gasteiger partial charge in [0.15, 0.2) is 5.78 Å². The maximum atomic E-state index is 13.1. The van der Waals surface area contributed by atoms with Gasteiger partial charge in [-0.25, -0.2) is 4.39 Å². The summed E-state index contributed by atoms with van der Waals surface area (Å²) >= 11 is 0. The van der Waals surface area contributed by atoms with Gasteiger partial charge >= 0.3 is 0 Å². The number of nitrogens with zero attached hydrogens (tertiary/aromatic N) is 1. The zero-order valence-electron chi connectivity index (χ0n) is 7.62. The Balaban J connectivity index is 3.16. The number of nitriles is 1. The number of benzene rings is 1. The molecule has 0 radical (unpaired) electrons. The minimum atomic E-state index is -0.443. The van der Waals surface area contributed by atoms with Crippen molar-refractivity contribution in [2.75, 3.05) is 0 Å². The van der Waals surface area contributed by atoms with Gasteiger partial charge in [-0.05, 0) is 31.2 Å². The Morgan fingerprint density at radius 3 is 2.86 bits per heavy atom. The summed E-state index contributed by atoms with van der Waals surface area (Å²) in [6.07, 6.45) is 2.50. The van der Waals surface area contributed by atoms with Crippen LogP contribution in [0.4, 0.5) is 4.39 Å². The predicted molar refractivity (Wildman–Crippen MR) is 51.1 cm³/mol. The zero-order valence-corrected chi connectivity index (χ0v) is 7.62. The average Bonchev–Trinajstić information content (AvgIpc) is 2.16. The number of hydrogen-bond donors (Lipinski definition) is 0. The van der Waals surface area contributed by atoms with Gasteiger partial charge in [0, 0.05) is 17.2 Å². The molecular weight excluding hydrogens is 181 g/mol. The number of hydrogen-bond acceptors (Lipinski definition) is 2. The summed E-state index contributed by atoms with van der Waals surface area (Å²) in [5, 5.41) is 8.27. The van der Waals surface area contributed by atoms with Crippen LogP contribution < -0.4 is 0 Å². The first-order valence-corrected chi connectivity index (χ1v) is 4.02. The molecule has 0 fully saturated rings. The van der Waals surface area contributed by atoms with Crippen LogP contribution in [-0.4, -0.2) is 5.78 Å². The summed E-state index contributed by atoms with van der Waals surface area (Å²) in [7, 11) is 0. The van der Waals surface area contributed by atoms with Crippen molar-refractivity contribution in [1.29, 1.82) is 5.26 Å². The van der Waals surface area contributed by atoms with Crippen molar-refractivity contribution >= 4 is 11.9 Å². The first-order valence-electron chi connectivity index (χ1n) is 4.02. The molecule has 0 saturated heterocycles. The number of carbonyl (C=O) groups excluding carboxylic acids is 1. The van der Waals surface area contributed by atoms with E-state index in [1.807, 2.05) is 0 Å². The molecule has 0 aromatic heterocycles. The molecule has 0 bridgehead atoms. The van der Waals surface area contributed by atoms with Crippen molar-refractivity contribution in [3.63, 3.8) is 0 Å². The molecule has 0 amide bonds. The van der Waals surface area contributed by atoms with Gasteiger partial charge in [0.2, 0.25) is 0 Å². The van der Waals surface area contributed by atoms with Gasteiger partial charge < -0.3 is 0 Å². The Labute approximate surface area is 81.3 Å². The van der Waals surface area contributed by atoms with Crippen LogP contribution in [0.1, 0.15) is 22.8 Å². The van der Waals surface area contributed by atoms with Gasteiger partial charge in [0.25, 0.3) is 0 Å². The number of allylic oxidation sites excluding steroid dienone is 1. The van der Waals surface area contributed by atoms with Crippen LogP contribution in [0.5, 0.6) is 0 Å². The summed E-state index contributed by atoms with van der Waals surface area (Å²) in [6.45, 7) is 1.41. The molecule has 0 aliphatic heterocycles. The first-order chi connectivity index (χ1) is 6.65. The number of halogens is 1. The van der Waals surface area contributed by atoms with Gasteiger partial charge in [-0.15, -0.1) is 0 Å². The summed E-state index contributed by atoms with van der Waals surface area (Å²) in [4.78, 5) is 11.0. The first kappa shape index (κ1) is 10.1. The van der Waals surface area contributed by atoms with E-state index < -0.39 is 5.82 Å². The van der Waals surface area contributed by atoms with Crippen LogP contribution in [0.25, 0.3) is 6.08 Å². The lowest BCUT2D eigenvalue weighted by atomic mass is 10.1. The summed E-state index contributed by atoms with van der Waals surface area (Å²) in [6, 6.07) is 5.82. The SMILES string of the molecule is CC(=O)c1ccc(F)c(C=CC#N)c1. The lowest BCUT2D eigenvalue weighted by Gasteiger charge is -1.99. The van der Waals surface area contributed by atoms with Gasteiger partial charge in [-0.1, -0.05) is 0 Å². The van der Waals surface area contributed by atoms with E-state index in [2.05, 4.69) is 0 Å². The molecule has 1 aromatic carbocycles. The Hall–Kier alpha value is -1.95. The Morgan fingerprint density at radius 2 is 2.29 bits per heavy atom. The van der Waals surface area contributed by atoms with Crippen molar-refractivity contribution in [2.45, 2.75) is 6.92 Å². The Kier molecular flexibility index (Phi) is 3.14. The van der Waals surface area contributed by atoms with E-state index in [9.17, 15) is 9.18 Å². The molecule has 70 valence electrons. The Morgan fingerprint density at radius 1 is 1.57 bits per heavy atom. The van der Waals surface area contributed by atoms with E-state index >= 15 is 0 Å². The number of ketones is 1.